The highest BCUT2D eigenvalue weighted by atomic mass is 32.2. The summed E-state index contributed by atoms with van der Waals surface area (Å²) in [5.41, 5.74) is 2.40. The predicted octanol–water partition coefficient (Wildman–Crippen LogP) is 4.92. The fraction of sp³-hybridized carbons (Fsp3) is 0.286. The monoisotopic (exact) mass is 398 g/mol. The second kappa shape index (κ2) is 9.50. The third-order valence-corrected chi connectivity index (χ3v) is 5.12. The molecule has 0 unspecified atom stereocenters. The Labute approximate surface area is 168 Å². The molecule has 1 aromatic heterocycles. The van der Waals surface area contributed by atoms with Gasteiger partial charge < -0.3 is 9.88 Å². The van der Waals surface area contributed by atoms with Crippen LogP contribution in [-0.4, -0.2) is 26.4 Å². The van der Waals surface area contributed by atoms with Crippen LogP contribution in [0.15, 0.2) is 53.7 Å². The van der Waals surface area contributed by atoms with Crippen LogP contribution in [0, 0.1) is 12.7 Å². The van der Waals surface area contributed by atoms with E-state index in [4.69, 9.17) is 0 Å². The average Bonchev–Trinajstić information content (AvgIpc) is 3.07. The average molecular weight is 399 g/mol. The van der Waals surface area contributed by atoms with Crippen molar-refractivity contribution in [1.29, 1.82) is 0 Å². The van der Waals surface area contributed by atoms with E-state index >= 15 is 0 Å². The summed E-state index contributed by atoms with van der Waals surface area (Å²) in [7, 11) is 0. The molecule has 0 aliphatic carbocycles. The van der Waals surface area contributed by atoms with Crippen LogP contribution < -0.4 is 5.32 Å². The third-order valence-electron chi connectivity index (χ3n) is 4.15. The molecule has 3 rings (SSSR count). The quantitative estimate of drug-likeness (QED) is 0.547. The van der Waals surface area contributed by atoms with Gasteiger partial charge in [-0.05, 0) is 31.5 Å². The van der Waals surface area contributed by atoms with Crippen LogP contribution in [0.3, 0.4) is 0 Å². The van der Waals surface area contributed by atoms with Gasteiger partial charge in [-0.1, -0.05) is 54.6 Å². The van der Waals surface area contributed by atoms with Crippen molar-refractivity contribution < 1.29 is 9.18 Å². The molecule has 0 saturated carbocycles. The number of para-hydroxylation sites is 1. The van der Waals surface area contributed by atoms with E-state index in [2.05, 4.69) is 33.1 Å². The Bertz CT molecular complexity index is 957. The molecule has 0 aliphatic heterocycles. The number of carbonyl (C=O) groups excluding carboxylic acids is 1. The number of nitrogens with zero attached hydrogens (tertiary/aromatic N) is 3. The maximum atomic E-state index is 13.6. The number of amides is 1. The molecular formula is C21H23FN4OS. The Morgan fingerprint density at radius 1 is 1.18 bits per heavy atom. The van der Waals surface area contributed by atoms with Crippen LogP contribution >= 0.6 is 11.8 Å². The van der Waals surface area contributed by atoms with Gasteiger partial charge in [0.1, 0.15) is 5.82 Å². The van der Waals surface area contributed by atoms with Gasteiger partial charge in [0.2, 0.25) is 5.91 Å². The maximum absolute atomic E-state index is 13.6. The van der Waals surface area contributed by atoms with Crippen molar-refractivity contribution in [2.24, 2.45) is 0 Å². The Kier molecular flexibility index (Phi) is 6.81. The van der Waals surface area contributed by atoms with E-state index in [0.717, 1.165) is 29.5 Å². The summed E-state index contributed by atoms with van der Waals surface area (Å²) in [5.74, 6) is 0.714. The van der Waals surface area contributed by atoms with Crippen LogP contribution in [0.4, 0.5) is 10.1 Å². The van der Waals surface area contributed by atoms with Crippen LogP contribution in [0.1, 0.15) is 25.3 Å². The van der Waals surface area contributed by atoms with Crippen molar-refractivity contribution >= 4 is 23.4 Å². The number of rotatable bonds is 8. The zero-order chi connectivity index (χ0) is 19.9. The molecule has 0 bridgehead atoms. The topological polar surface area (TPSA) is 59.8 Å². The van der Waals surface area contributed by atoms with Crippen LogP contribution in [0.5, 0.6) is 0 Å². The number of hydrogen-bond acceptors (Lipinski definition) is 4. The van der Waals surface area contributed by atoms with E-state index in [9.17, 15) is 9.18 Å². The molecule has 1 N–H and O–H groups in total. The van der Waals surface area contributed by atoms with Gasteiger partial charge in [0.05, 0.1) is 5.69 Å². The number of aryl methyl sites for hydroxylation is 1. The fourth-order valence-corrected chi connectivity index (χ4v) is 3.73. The third kappa shape index (κ3) is 4.98. The van der Waals surface area contributed by atoms with Gasteiger partial charge in [-0.25, -0.2) is 4.39 Å². The van der Waals surface area contributed by atoms with E-state index in [1.54, 1.807) is 18.2 Å². The Morgan fingerprint density at radius 3 is 2.75 bits per heavy atom. The number of benzene rings is 2. The molecule has 0 atom stereocenters. The number of thioether (sulfide) groups is 1. The van der Waals surface area contributed by atoms with Crippen molar-refractivity contribution in [1.82, 2.24) is 14.8 Å². The molecule has 5 nitrogen and oxygen atoms in total. The number of hydrogen-bond donors (Lipinski definition) is 1. The molecule has 0 radical (unpaired) electrons. The first-order valence-corrected chi connectivity index (χ1v) is 10.2. The largest absolute Gasteiger partial charge is 0.324 e. The number of aromatic nitrogens is 3. The molecule has 0 spiro atoms. The summed E-state index contributed by atoms with van der Waals surface area (Å²) in [5, 5.41) is 12.1. The summed E-state index contributed by atoms with van der Waals surface area (Å²) in [6.07, 6.45) is 1.22. The van der Waals surface area contributed by atoms with Crippen molar-refractivity contribution in [2.45, 2.75) is 38.4 Å². The van der Waals surface area contributed by atoms with Crippen molar-refractivity contribution in [2.75, 3.05) is 11.1 Å². The van der Waals surface area contributed by atoms with Crippen LogP contribution in [0.25, 0.3) is 11.4 Å². The van der Waals surface area contributed by atoms with Gasteiger partial charge in [-0.3, -0.25) is 4.79 Å². The Balaban J connectivity index is 1.64. The molecule has 146 valence electrons. The summed E-state index contributed by atoms with van der Waals surface area (Å²) in [6, 6.07) is 14.3. The highest BCUT2D eigenvalue weighted by Gasteiger charge is 2.15. The summed E-state index contributed by atoms with van der Waals surface area (Å²) in [4.78, 5) is 12.1. The lowest BCUT2D eigenvalue weighted by molar-refractivity contribution is -0.115. The minimum atomic E-state index is -0.436. The lowest BCUT2D eigenvalue weighted by Crippen LogP contribution is -2.13. The minimum absolute atomic E-state index is 0.202. The molecule has 0 aliphatic rings. The number of nitrogens with one attached hydrogen (secondary N) is 1. The molecule has 1 amide bonds. The van der Waals surface area contributed by atoms with Gasteiger partial charge in [-0.15, -0.1) is 10.2 Å². The number of carbonyl (C=O) groups is 1. The van der Waals surface area contributed by atoms with E-state index in [1.807, 2.05) is 25.1 Å². The first-order valence-electron chi connectivity index (χ1n) is 9.26. The maximum Gasteiger partial charge on any atom is 0.225 e. The van der Waals surface area contributed by atoms with E-state index in [1.165, 1.54) is 23.4 Å². The van der Waals surface area contributed by atoms with E-state index in [-0.39, 0.29) is 18.0 Å². The van der Waals surface area contributed by atoms with Gasteiger partial charge in [0.25, 0.3) is 0 Å². The van der Waals surface area contributed by atoms with Crippen molar-refractivity contribution in [3.8, 4) is 11.4 Å². The van der Waals surface area contributed by atoms with Gasteiger partial charge in [-0.2, -0.15) is 0 Å². The van der Waals surface area contributed by atoms with Crippen molar-refractivity contribution in [3.05, 3.63) is 59.9 Å². The highest BCUT2D eigenvalue weighted by molar-refractivity contribution is 7.99. The lowest BCUT2D eigenvalue weighted by Gasteiger charge is -2.09. The smallest absolute Gasteiger partial charge is 0.225 e. The molecule has 7 heteroatoms. The minimum Gasteiger partial charge on any atom is -0.324 e. The highest BCUT2D eigenvalue weighted by Crippen LogP contribution is 2.25. The SMILES string of the molecule is CCCn1c(SCCC(=O)Nc2ccccc2F)nnc1-c1cccc(C)c1. The summed E-state index contributed by atoms with van der Waals surface area (Å²) >= 11 is 1.48. The molecule has 0 saturated heterocycles. The molecule has 2 aromatic carbocycles. The fourth-order valence-electron chi connectivity index (χ4n) is 2.83. The molecule has 0 fully saturated rings. The van der Waals surface area contributed by atoms with Gasteiger partial charge in [0.15, 0.2) is 11.0 Å². The van der Waals surface area contributed by atoms with Gasteiger partial charge in [0, 0.05) is 24.3 Å². The first kappa shape index (κ1) is 20.1. The Morgan fingerprint density at radius 2 is 2.00 bits per heavy atom. The number of halogens is 1. The van der Waals surface area contributed by atoms with Crippen LogP contribution in [0.2, 0.25) is 0 Å². The molecule has 28 heavy (non-hydrogen) atoms. The summed E-state index contributed by atoms with van der Waals surface area (Å²) in [6.45, 7) is 4.96. The Hall–Kier alpha value is -2.67. The standard InChI is InChI=1S/C21H23FN4OS/c1-3-12-26-20(16-8-6-7-15(2)14-16)24-25-21(26)28-13-11-19(27)23-18-10-5-4-9-17(18)22/h4-10,14H,3,11-13H2,1-2H3,(H,23,27). The first-order chi connectivity index (χ1) is 13.6. The molecule has 1 heterocycles. The number of anilines is 1. The van der Waals surface area contributed by atoms with Gasteiger partial charge >= 0.3 is 0 Å². The van der Waals surface area contributed by atoms with E-state index in [0.29, 0.717) is 5.75 Å². The molecular weight excluding hydrogens is 375 g/mol. The zero-order valence-corrected chi connectivity index (χ0v) is 16.8. The predicted molar refractivity (Wildman–Crippen MR) is 111 cm³/mol. The summed E-state index contributed by atoms with van der Waals surface area (Å²) < 4.78 is 15.7. The normalized spacial score (nSPS) is 10.8. The molecule has 3 aromatic rings. The second-order valence-corrected chi connectivity index (χ2v) is 7.52. The lowest BCUT2D eigenvalue weighted by atomic mass is 10.1. The zero-order valence-electron chi connectivity index (χ0n) is 16.0. The van der Waals surface area contributed by atoms with Crippen molar-refractivity contribution in [3.63, 3.8) is 0 Å². The van der Waals surface area contributed by atoms with E-state index < -0.39 is 5.82 Å². The van der Waals surface area contributed by atoms with Crippen LogP contribution in [-0.2, 0) is 11.3 Å². The second-order valence-electron chi connectivity index (χ2n) is 6.45.